The number of hydrogen-bond acceptors (Lipinski definition) is 5. The zero-order valence-corrected chi connectivity index (χ0v) is 54.8. The molecule has 0 rings (SSSR count). The smallest absolute Gasteiger partial charge is 0.305 e. The minimum Gasteiger partial charge on any atom is -0.466 e. The molecule has 6 nitrogen and oxygen atoms in total. The SMILES string of the molecule is CCCCC/C=C\C/C=C\CCCCCCCC(=O)OCCCCCCCCCCCCCCCC/C=C\CCCCCCCCCCCCCCCCCCCC(=O)NC(CO)C(O)CCCCCCCCCCCCCCCC. The molecule has 0 aliphatic heterocycles. The van der Waals surface area contributed by atoms with Gasteiger partial charge in [-0.2, -0.15) is 0 Å². The van der Waals surface area contributed by atoms with Crippen molar-refractivity contribution >= 4 is 11.9 Å². The third-order valence-electron chi connectivity index (χ3n) is 17.2. The Kier molecular flexibility index (Phi) is 68.9. The summed E-state index contributed by atoms with van der Waals surface area (Å²) in [5, 5.41) is 23.3. The van der Waals surface area contributed by atoms with E-state index >= 15 is 0 Å². The molecule has 0 heterocycles. The zero-order valence-electron chi connectivity index (χ0n) is 54.8. The Balaban J connectivity index is 3.33. The Morgan fingerprint density at radius 2 is 0.617 bits per heavy atom. The van der Waals surface area contributed by atoms with Gasteiger partial charge in [0, 0.05) is 12.8 Å². The predicted octanol–water partition coefficient (Wildman–Crippen LogP) is 23.9. The number of aliphatic hydroxyl groups is 2. The summed E-state index contributed by atoms with van der Waals surface area (Å²) in [5.41, 5.74) is 0. The molecule has 1 amide bonds. The van der Waals surface area contributed by atoms with E-state index in [1.54, 1.807) is 0 Å². The van der Waals surface area contributed by atoms with Crippen molar-refractivity contribution in [1.29, 1.82) is 0 Å². The molecular formula is C75H143NO5. The second-order valence-electron chi connectivity index (χ2n) is 25.3. The van der Waals surface area contributed by atoms with Crippen LogP contribution in [-0.4, -0.2) is 47.4 Å². The summed E-state index contributed by atoms with van der Waals surface area (Å²) >= 11 is 0. The lowest BCUT2D eigenvalue weighted by Gasteiger charge is -2.22. The first-order chi connectivity index (χ1) is 40.0. The molecule has 0 aromatic heterocycles. The van der Waals surface area contributed by atoms with Crippen molar-refractivity contribution in [1.82, 2.24) is 5.32 Å². The van der Waals surface area contributed by atoms with Crippen molar-refractivity contribution in [3.8, 4) is 0 Å². The van der Waals surface area contributed by atoms with Gasteiger partial charge in [-0.25, -0.2) is 0 Å². The van der Waals surface area contributed by atoms with Crippen LogP contribution in [0, 0.1) is 0 Å². The predicted molar refractivity (Wildman–Crippen MR) is 356 cm³/mol. The summed E-state index contributed by atoms with van der Waals surface area (Å²) in [6.45, 7) is 4.95. The van der Waals surface area contributed by atoms with Crippen LogP contribution >= 0.6 is 0 Å². The number of carbonyl (C=O) groups is 2. The van der Waals surface area contributed by atoms with Crippen LogP contribution in [0.2, 0.25) is 0 Å². The Bertz CT molecular complexity index is 1310. The number of carbonyl (C=O) groups excluding carboxylic acids is 2. The minimum absolute atomic E-state index is 0.00650. The second kappa shape index (κ2) is 70.6. The Hall–Kier alpha value is -1.92. The molecule has 0 aliphatic rings. The number of nitrogens with one attached hydrogen (secondary N) is 1. The number of esters is 1. The highest BCUT2D eigenvalue weighted by atomic mass is 16.5. The maximum absolute atomic E-state index is 12.5. The number of allylic oxidation sites excluding steroid dienone is 6. The lowest BCUT2D eigenvalue weighted by Crippen LogP contribution is -2.45. The number of aliphatic hydroxyl groups excluding tert-OH is 2. The summed E-state index contributed by atoms with van der Waals surface area (Å²) in [7, 11) is 0. The zero-order chi connectivity index (χ0) is 58.5. The Labute approximate surface area is 506 Å². The van der Waals surface area contributed by atoms with Gasteiger partial charge < -0.3 is 20.3 Å². The summed E-state index contributed by atoms with van der Waals surface area (Å²) in [5.74, 6) is -0.0225. The normalized spacial score (nSPS) is 12.7. The molecule has 0 fully saturated rings. The van der Waals surface area contributed by atoms with Crippen LogP contribution in [-0.2, 0) is 14.3 Å². The van der Waals surface area contributed by atoms with Gasteiger partial charge in [0.25, 0.3) is 0 Å². The number of hydrogen-bond donors (Lipinski definition) is 3. The fourth-order valence-corrected chi connectivity index (χ4v) is 11.6. The summed E-state index contributed by atoms with van der Waals surface area (Å²) in [4.78, 5) is 24.6. The van der Waals surface area contributed by atoms with Gasteiger partial charge >= 0.3 is 5.97 Å². The quantitative estimate of drug-likeness (QED) is 0.0320. The molecule has 6 heteroatoms. The lowest BCUT2D eigenvalue weighted by atomic mass is 10.0. The molecule has 2 atom stereocenters. The molecule has 0 radical (unpaired) electrons. The molecule has 0 aromatic carbocycles. The molecule has 0 saturated heterocycles. The van der Waals surface area contributed by atoms with Crippen LogP contribution in [0.1, 0.15) is 406 Å². The van der Waals surface area contributed by atoms with Crippen molar-refractivity contribution in [2.75, 3.05) is 13.2 Å². The summed E-state index contributed by atoms with van der Waals surface area (Å²) in [6.07, 6.45) is 90.7. The molecule has 0 bridgehead atoms. The van der Waals surface area contributed by atoms with Gasteiger partial charge in [-0.05, 0) is 83.5 Å². The monoisotopic (exact) mass is 1140 g/mol. The van der Waals surface area contributed by atoms with Crippen molar-refractivity contribution in [2.24, 2.45) is 0 Å². The molecule has 0 spiro atoms. The highest BCUT2D eigenvalue weighted by Crippen LogP contribution is 2.19. The van der Waals surface area contributed by atoms with Gasteiger partial charge in [0.05, 0.1) is 25.4 Å². The maximum atomic E-state index is 12.5. The molecule has 81 heavy (non-hydrogen) atoms. The fraction of sp³-hybridized carbons (Fsp3) is 0.893. The van der Waals surface area contributed by atoms with Gasteiger partial charge in [-0.1, -0.05) is 346 Å². The summed E-state index contributed by atoms with van der Waals surface area (Å²) < 4.78 is 5.49. The van der Waals surface area contributed by atoms with E-state index < -0.39 is 12.1 Å². The van der Waals surface area contributed by atoms with Crippen LogP contribution in [0.25, 0.3) is 0 Å². The second-order valence-corrected chi connectivity index (χ2v) is 25.3. The van der Waals surface area contributed by atoms with Gasteiger partial charge in [-0.15, -0.1) is 0 Å². The van der Waals surface area contributed by atoms with Gasteiger partial charge in [0.1, 0.15) is 0 Å². The first-order valence-electron chi connectivity index (χ1n) is 36.7. The lowest BCUT2D eigenvalue weighted by molar-refractivity contribution is -0.143. The van der Waals surface area contributed by atoms with Crippen LogP contribution in [0.5, 0.6) is 0 Å². The third-order valence-corrected chi connectivity index (χ3v) is 17.2. The Morgan fingerprint density at radius 1 is 0.346 bits per heavy atom. The van der Waals surface area contributed by atoms with E-state index in [1.807, 2.05) is 0 Å². The number of rotatable bonds is 69. The van der Waals surface area contributed by atoms with Crippen molar-refractivity contribution in [2.45, 2.75) is 418 Å². The third kappa shape index (κ3) is 67.1. The average Bonchev–Trinajstić information content (AvgIpc) is 3.47. The first kappa shape index (κ1) is 79.1. The molecule has 2 unspecified atom stereocenters. The van der Waals surface area contributed by atoms with Crippen molar-refractivity contribution in [3.63, 3.8) is 0 Å². The first-order valence-corrected chi connectivity index (χ1v) is 36.7. The molecule has 3 N–H and O–H groups in total. The molecule has 0 aromatic rings. The van der Waals surface area contributed by atoms with Crippen molar-refractivity contribution < 1.29 is 24.5 Å². The van der Waals surface area contributed by atoms with E-state index in [1.165, 1.54) is 321 Å². The van der Waals surface area contributed by atoms with Crippen LogP contribution in [0.15, 0.2) is 36.5 Å². The number of unbranched alkanes of at least 4 members (excludes halogenated alkanes) is 52. The molecule has 0 aliphatic carbocycles. The maximum Gasteiger partial charge on any atom is 0.305 e. The number of ether oxygens (including phenoxy) is 1. The highest BCUT2D eigenvalue weighted by Gasteiger charge is 2.20. The molecule has 478 valence electrons. The van der Waals surface area contributed by atoms with Gasteiger partial charge in [0.2, 0.25) is 5.91 Å². The number of amides is 1. The van der Waals surface area contributed by atoms with Gasteiger partial charge in [-0.3, -0.25) is 9.59 Å². The fourth-order valence-electron chi connectivity index (χ4n) is 11.6. The van der Waals surface area contributed by atoms with E-state index in [0.29, 0.717) is 25.9 Å². The topological polar surface area (TPSA) is 95.9 Å². The van der Waals surface area contributed by atoms with Crippen LogP contribution in [0.4, 0.5) is 0 Å². The van der Waals surface area contributed by atoms with Crippen LogP contribution in [0.3, 0.4) is 0 Å². The van der Waals surface area contributed by atoms with Gasteiger partial charge in [0.15, 0.2) is 0 Å². The van der Waals surface area contributed by atoms with E-state index in [4.69, 9.17) is 4.74 Å². The summed E-state index contributed by atoms with van der Waals surface area (Å²) in [6, 6.07) is -0.538. The largest absolute Gasteiger partial charge is 0.466 e. The standard InChI is InChI=1S/C75H143NO5/c1-3-5-7-9-11-13-15-17-40-45-49-53-57-61-65-69-75(80)81-70-66-62-58-54-50-46-42-39-37-35-33-31-29-27-25-23-21-19-20-22-24-26-28-30-32-34-36-38-41-44-48-52-56-60-64-68-74(79)76-72(71-77)73(78)67-63-59-55-51-47-43-18-16-14-12-10-8-6-4-2/h11,13,17,21,23,40,72-73,77-78H,3-10,12,14-16,18-20,22,24-39,41-71H2,1-2H3,(H,76,79)/b13-11-,23-21-,40-17-. The highest BCUT2D eigenvalue weighted by molar-refractivity contribution is 5.76. The van der Waals surface area contributed by atoms with E-state index in [9.17, 15) is 19.8 Å². The van der Waals surface area contributed by atoms with Crippen molar-refractivity contribution in [3.05, 3.63) is 36.5 Å². The average molecular weight is 1140 g/mol. The van der Waals surface area contributed by atoms with E-state index in [0.717, 1.165) is 51.4 Å². The Morgan fingerprint density at radius 3 is 0.975 bits per heavy atom. The molecular weight excluding hydrogens is 995 g/mol. The van der Waals surface area contributed by atoms with Crippen LogP contribution < -0.4 is 5.32 Å². The minimum atomic E-state index is -0.661. The molecule has 0 saturated carbocycles. The van der Waals surface area contributed by atoms with E-state index in [-0.39, 0.29) is 18.5 Å². The van der Waals surface area contributed by atoms with E-state index in [2.05, 4.69) is 55.6 Å².